The van der Waals surface area contributed by atoms with Crippen molar-refractivity contribution in [3.63, 3.8) is 0 Å². The number of carboxylic acids is 1. The Balaban J connectivity index is 0.00000300. The van der Waals surface area contributed by atoms with Crippen molar-refractivity contribution in [2.45, 2.75) is 18.3 Å². The summed E-state index contributed by atoms with van der Waals surface area (Å²) in [5.41, 5.74) is -0.0250. The Morgan fingerprint density at radius 3 is 2.59 bits per heavy atom. The summed E-state index contributed by atoms with van der Waals surface area (Å²) in [5, 5.41) is 13.5. The summed E-state index contributed by atoms with van der Waals surface area (Å²) >= 11 is 1.27. The van der Waals surface area contributed by atoms with Crippen LogP contribution in [0.4, 0.5) is 0 Å². The number of hydrogen-bond donors (Lipinski definition) is 1. The molecule has 2 aliphatic rings. The molecular weight excluding hydrogens is 427 g/mol. The van der Waals surface area contributed by atoms with Gasteiger partial charge in [0.15, 0.2) is 6.61 Å². The second kappa shape index (κ2) is 10.6. The van der Waals surface area contributed by atoms with Crippen LogP contribution in [0.1, 0.15) is 6.92 Å². The molecule has 0 aromatic heterocycles. The predicted octanol–water partition coefficient (Wildman–Crippen LogP) is -3.96. The summed E-state index contributed by atoms with van der Waals surface area (Å²) in [6.07, 6.45) is 0. The fourth-order valence-electron chi connectivity index (χ4n) is 2.85. The molecule has 1 aromatic rings. The van der Waals surface area contributed by atoms with Crippen molar-refractivity contribution in [1.29, 1.82) is 0 Å². The number of amides is 2. The maximum atomic E-state index is 12.4. The van der Waals surface area contributed by atoms with Gasteiger partial charge in [-0.3, -0.25) is 19.3 Å². The topological polar surface area (TPSA) is 125 Å². The maximum Gasteiger partial charge on any atom is 1.00 e. The predicted molar refractivity (Wildman–Crippen MR) is 95.6 cm³/mol. The van der Waals surface area contributed by atoms with E-state index in [2.05, 4.69) is 5.32 Å². The smallest absolute Gasteiger partial charge is 0.543 e. The van der Waals surface area contributed by atoms with Crippen molar-refractivity contribution in [2.75, 3.05) is 19.0 Å². The number of hydrogen-bond acceptors (Lipinski definition) is 8. The number of para-hydroxylation sites is 1. The first kappa shape index (κ1) is 23.9. The average molecular weight is 445 g/mol. The molecule has 3 rings (SSSR count). The standard InChI is InChI=1S/C18H18N2O7S.K/c1-10(21)26-7-11-9-28-17-14(16(23)20(17)15(11)18(24)25)19-13(22)8-27-12-5-3-2-4-6-12;/h2-6,14,17H,7-9H2,1H3,(H,19,22)(H,24,25);/q;+1/p-1/t14-,17+;/m0./s1. The molecule has 2 heterocycles. The normalized spacial score (nSPS) is 20.0. The first-order valence-electron chi connectivity index (χ1n) is 8.37. The molecule has 148 valence electrons. The summed E-state index contributed by atoms with van der Waals surface area (Å²) in [6, 6.07) is 7.87. The molecule has 0 bridgehead atoms. The number of esters is 1. The molecule has 2 aliphatic heterocycles. The van der Waals surface area contributed by atoms with Crippen molar-refractivity contribution >= 4 is 35.5 Å². The van der Waals surface area contributed by atoms with Gasteiger partial charge < -0.3 is 24.7 Å². The van der Waals surface area contributed by atoms with Gasteiger partial charge in [-0.2, -0.15) is 0 Å². The molecule has 0 aliphatic carbocycles. The summed E-state index contributed by atoms with van der Waals surface area (Å²) in [4.78, 5) is 48.1. The molecule has 0 spiro atoms. The van der Waals surface area contributed by atoms with E-state index >= 15 is 0 Å². The Morgan fingerprint density at radius 1 is 1.28 bits per heavy atom. The van der Waals surface area contributed by atoms with E-state index in [9.17, 15) is 24.3 Å². The zero-order valence-corrected chi connectivity index (χ0v) is 19.8. The van der Waals surface area contributed by atoms with Crippen molar-refractivity contribution in [1.82, 2.24) is 10.2 Å². The van der Waals surface area contributed by atoms with Gasteiger partial charge in [-0.15, -0.1) is 11.8 Å². The number of rotatable bonds is 7. The molecule has 0 unspecified atom stereocenters. The number of aliphatic carboxylic acids is 1. The summed E-state index contributed by atoms with van der Waals surface area (Å²) in [7, 11) is 0. The third kappa shape index (κ3) is 5.62. The molecule has 1 saturated heterocycles. The van der Waals surface area contributed by atoms with Crippen LogP contribution in [0.5, 0.6) is 5.75 Å². The van der Waals surface area contributed by atoms with E-state index < -0.39 is 35.2 Å². The number of carbonyl (C=O) groups is 4. The van der Waals surface area contributed by atoms with Crippen LogP contribution in [0.15, 0.2) is 41.6 Å². The Hall–Kier alpha value is -1.37. The number of benzene rings is 1. The summed E-state index contributed by atoms with van der Waals surface area (Å²) < 4.78 is 10.2. The zero-order chi connectivity index (χ0) is 20.3. The van der Waals surface area contributed by atoms with Gasteiger partial charge >= 0.3 is 57.4 Å². The molecule has 1 N–H and O–H groups in total. The SMILES string of the molecule is CC(=O)OCC1=C(C(=O)[O-])N2C(=O)[C@H](NC(=O)COc3ccccc3)[C@H]2SC1.[K+]. The van der Waals surface area contributed by atoms with Crippen LogP contribution in [-0.4, -0.2) is 59.0 Å². The maximum absolute atomic E-state index is 12.4. The van der Waals surface area contributed by atoms with E-state index in [0.717, 1.165) is 4.90 Å². The molecule has 2 amide bonds. The van der Waals surface area contributed by atoms with Crippen LogP contribution in [0.2, 0.25) is 0 Å². The molecule has 2 atom stereocenters. The molecule has 1 aromatic carbocycles. The van der Waals surface area contributed by atoms with Crippen LogP contribution >= 0.6 is 11.8 Å². The van der Waals surface area contributed by atoms with Gasteiger partial charge in [0.2, 0.25) is 0 Å². The van der Waals surface area contributed by atoms with Crippen molar-refractivity contribution in [3.05, 3.63) is 41.6 Å². The molecule has 1 fully saturated rings. The number of carboxylic acid groups (broad SMARTS) is 1. The number of carbonyl (C=O) groups excluding carboxylic acids is 4. The Morgan fingerprint density at radius 2 is 1.97 bits per heavy atom. The van der Waals surface area contributed by atoms with Crippen molar-refractivity contribution < 1.29 is 85.1 Å². The first-order chi connectivity index (χ1) is 13.4. The zero-order valence-electron chi connectivity index (χ0n) is 15.9. The molecule has 0 saturated carbocycles. The van der Waals surface area contributed by atoms with Crippen LogP contribution in [0, 0.1) is 0 Å². The third-order valence-corrected chi connectivity index (χ3v) is 5.46. The number of fused-ring (bicyclic) bond motifs is 1. The Bertz CT molecular complexity index is 846. The number of ether oxygens (including phenoxy) is 2. The van der Waals surface area contributed by atoms with E-state index in [4.69, 9.17) is 9.47 Å². The van der Waals surface area contributed by atoms with E-state index in [-0.39, 0.29) is 81.6 Å². The van der Waals surface area contributed by atoms with E-state index in [1.807, 2.05) is 6.07 Å². The second-order valence-electron chi connectivity index (χ2n) is 6.08. The fraction of sp³-hybridized carbons (Fsp3) is 0.333. The minimum Gasteiger partial charge on any atom is -0.543 e. The van der Waals surface area contributed by atoms with Gasteiger partial charge in [0.05, 0.1) is 11.7 Å². The third-order valence-electron chi connectivity index (χ3n) is 4.12. The molecule has 9 nitrogen and oxygen atoms in total. The van der Waals surface area contributed by atoms with E-state index in [0.29, 0.717) is 5.75 Å². The minimum atomic E-state index is -1.53. The van der Waals surface area contributed by atoms with Gasteiger partial charge in [-0.05, 0) is 12.1 Å². The van der Waals surface area contributed by atoms with Crippen LogP contribution < -0.4 is 66.5 Å². The largest absolute Gasteiger partial charge is 1.00 e. The quantitative estimate of drug-likeness (QED) is 0.257. The van der Waals surface area contributed by atoms with Gasteiger partial charge in [-0.25, -0.2) is 0 Å². The number of thioether (sulfide) groups is 1. The number of nitrogens with zero attached hydrogens (tertiary/aromatic N) is 1. The van der Waals surface area contributed by atoms with E-state index in [1.54, 1.807) is 24.3 Å². The van der Waals surface area contributed by atoms with Gasteiger partial charge in [0.1, 0.15) is 23.8 Å². The van der Waals surface area contributed by atoms with E-state index in [1.165, 1.54) is 18.7 Å². The molecule has 29 heavy (non-hydrogen) atoms. The number of nitrogens with one attached hydrogen (secondary N) is 1. The first-order valence-corrected chi connectivity index (χ1v) is 9.42. The molecule has 0 radical (unpaired) electrons. The van der Waals surface area contributed by atoms with Crippen molar-refractivity contribution in [2.24, 2.45) is 0 Å². The number of β-lactam (4-membered cyclic amide) rings is 1. The Labute approximate surface area is 213 Å². The molecular formula is C18H17KN2O7S. The van der Waals surface area contributed by atoms with Crippen LogP contribution in [0.3, 0.4) is 0 Å². The monoisotopic (exact) mass is 444 g/mol. The van der Waals surface area contributed by atoms with Crippen molar-refractivity contribution in [3.8, 4) is 5.75 Å². The van der Waals surface area contributed by atoms with Gasteiger partial charge in [-0.1, -0.05) is 18.2 Å². The van der Waals surface area contributed by atoms with Gasteiger partial charge in [0.25, 0.3) is 11.8 Å². The fourth-order valence-corrected chi connectivity index (χ4v) is 4.18. The Kier molecular flexibility index (Phi) is 8.73. The van der Waals surface area contributed by atoms with Crippen LogP contribution in [0.25, 0.3) is 0 Å². The minimum absolute atomic E-state index is 0. The van der Waals surface area contributed by atoms with Gasteiger partial charge in [0, 0.05) is 18.2 Å². The average Bonchev–Trinajstić information content (AvgIpc) is 2.68. The second-order valence-corrected chi connectivity index (χ2v) is 7.18. The summed E-state index contributed by atoms with van der Waals surface area (Å²) in [5.74, 6) is -2.40. The molecule has 11 heteroatoms. The summed E-state index contributed by atoms with van der Waals surface area (Å²) in [6.45, 7) is 0.700. The van der Waals surface area contributed by atoms with Crippen LogP contribution in [-0.2, 0) is 23.9 Å².